The van der Waals surface area contributed by atoms with Crippen LogP contribution in [0.2, 0.25) is 0 Å². The third kappa shape index (κ3) is 3.81. The number of aliphatic hydroxyl groups excluding tert-OH is 1. The van der Waals surface area contributed by atoms with Crippen molar-refractivity contribution in [2.24, 2.45) is 0 Å². The third-order valence-electron chi connectivity index (χ3n) is 4.57. The molecule has 1 atom stereocenters. The second-order valence-electron chi connectivity index (χ2n) is 6.35. The number of hydrogen-bond acceptors (Lipinski definition) is 3. The lowest BCUT2D eigenvalue weighted by atomic mass is 9.89. The van der Waals surface area contributed by atoms with Crippen molar-refractivity contribution in [1.29, 1.82) is 0 Å². The average Bonchev–Trinajstić information content (AvgIpc) is 2.71. The fraction of sp³-hybridized carbons (Fsp3) is 0.647. The maximum Gasteiger partial charge on any atom is 0.0771 e. The lowest BCUT2D eigenvalue weighted by molar-refractivity contribution is 0.0132. The number of rotatable bonds is 5. The van der Waals surface area contributed by atoms with Gasteiger partial charge in [-0.25, -0.2) is 0 Å². The van der Waals surface area contributed by atoms with Gasteiger partial charge in [-0.1, -0.05) is 56.0 Å². The van der Waals surface area contributed by atoms with E-state index in [2.05, 4.69) is 5.32 Å². The van der Waals surface area contributed by atoms with E-state index in [-0.39, 0.29) is 6.61 Å². The fourth-order valence-electron chi connectivity index (χ4n) is 2.98. The molecule has 1 fully saturated rings. The molecular formula is C17H27NO2. The van der Waals surface area contributed by atoms with Crippen molar-refractivity contribution < 1.29 is 10.2 Å². The van der Waals surface area contributed by atoms with Gasteiger partial charge in [0.05, 0.1) is 17.7 Å². The second kappa shape index (κ2) is 6.70. The molecule has 3 N–H and O–H groups in total. The Balaban J connectivity index is 2.03. The minimum atomic E-state index is -0.623. The molecule has 1 aromatic rings. The molecule has 0 saturated heterocycles. The molecule has 1 aliphatic rings. The Labute approximate surface area is 122 Å². The van der Waals surface area contributed by atoms with Crippen molar-refractivity contribution in [2.75, 3.05) is 13.2 Å². The van der Waals surface area contributed by atoms with E-state index in [0.29, 0.717) is 6.54 Å². The molecule has 0 radical (unpaired) electrons. The summed E-state index contributed by atoms with van der Waals surface area (Å²) in [5.41, 5.74) is -0.0647. The van der Waals surface area contributed by atoms with Crippen LogP contribution in [0, 0.1) is 0 Å². The smallest absolute Gasteiger partial charge is 0.0771 e. The van der Waals surface area contributed by atoms with Crippen molar-refractivity contribution >= 4 is 0 Å². The summed E-state index contributed by atoms with van der Waals surface area (Å²) in [6.07, 6.45) is 6.35. The van der Waals surface area contributed by atoms with Crippen LogP contribution in [0.15, 0.2) is 30.3 Å². The fourth-order valence-corrected chi connectivity index (χ4v) is 2.98. The molecule has 3 nitrogen and oxygen atoms in total. The van der Waals surface area contributed by atoms with Crippen LogP contribution in [0.25, 0.3) is 0 Å². The van der Waals surface area contributed by atoms with E-state index in [0.717, 1.165) is 31.2 Å². The Morgan fingerprint density at radius 2 is 1.70 bits per heavy atom. The van der Waals surface area contributed by atoms with Crippen LogP contribution in [0.5, 0.6) is 0 Å². The molecule has 2 rings (SSSR count). The zero-order valence-electron chi connectivity index (χ0n) is 12.4. The maximum atomic E-state index is 10.7. The van der Waals surface area contributed by atoms with E-state index < -0.39 is 11.1 Å². The van der Waals surface area contributed by atoms with Crippen LogP contribution in [0.3, 0.4) is 0 Å². The van der Waals surface area contributed by atoms with E-state index >= 15 is 0 Å². The van der Waals surface area contributed by atoms with Gasteiger partial charge in [-0.05, 0) is 25.3 Å². The molecule has 20 heavy (non-hydrogen) atoms. The lowest BCUT2D eigenvalue weighted by Gasteiger charge is -2.35. The zero-order chi connectivity index (χ0) is 14.5. The predicted octanol–water partition coefficient (Wildman–Crippen LogP) is 2.57. The van der Waals surface area contributed by atoms with Gasteiger partial charge in [0.25, 0.3) is 0 Å². The zero-order valence-corrected chi connectivity index (χ0v) is 12.4. The Morgan fingerprint density at radius 3 is 2.25 bits per heavy atom. The first-order chi connectivity index (χ1) is 9.58. The summed E-state index contributed by atoms with van der Waals surface area (Å²) >= 11 is 0. The van der Waals surface area contributed by atoms with Crippen molar-refractivity contribution in [3.8, 4) is 0 Å². The Bertz CT molecular complexity index is 399. The van der Waals surface area contributed by atoms with Gasteiger partial charge in [-0.3, -0.25) is 0 Å². The summed E-state index contributed by atoms with van der Waals surface area (Å²) in [7, 11) is 0. The second-order valence-corrected chi connectivity index (χ2v) is 6.35. The maximum absolute atomic E-state index is 10.7. The minimum Gasteiger partial charge on any atom is -0.394 e. The van der Waals surface area contributed by atoms with E-state index in [9.17, 15) is 10.2 Å². The van der Waals surface area contributed by atoms with Gasteiger partial charge >= 0.3 is 0 Å². The van der Waals surface area contributed by atoms with Gasteiger partial charge in [-0.15, -0.1) is 0 Å². The first-order valence-electron chi connectivity index (χ1n) is 7.72. The summed E-state index contributed by atoms with van der Waals surface area (Å²) in [5.74, 6) is 0. The first-order valence-corrected chi connectivity index (χ1v) is 7.72. The largest absolute Gasteiger partial charge is 0.394 e. The van der Waals surface area contributed by atoms with Gasteiger partial charge in [0.15, 0.2) is 0 Å². The SMILES string of the molecule is CC(CO)(NCC1(O)CCCCCC1)c1ccccc1. The molecule has 0 heterocycles. The van der Waals surface area contributed by atoms with E-state index in [1.54, 1.807) is 0 Å². The van der Waals surface area contributed by atoms with E-state index in [1.807, 2.05) is 37.3 Å². The molecule has 0 aliphatic heterocycles. The predicted molar refractivity (Wildman–Crippen MR) is 81.5 cm³/mol. The third-order valence-corrected chi connectivity index (χ3v) is 4.57. The van der Waals surface area contributed by atoms with E-state index in [4.69, 9.17) is 0 Å². The van der Waals surface area contributed by atoms with Crippen LogP contribution >= 0.6 is 0 Å². The Kier molecular flexibility index (Phi) is 5.19. The van der Waals surface area contributed by atoms with Crippen molar-refractivity contribution in [1.82, 2.24) is 5.32 Å². The van der Waals surface area contributed by atoms with Crippen LogP contribution in [0.4, 0.5) is 0 Å². The molecule has 0 aromatic heterocycles. The van der Waals surface area contributed by atoms with Crippen LogP contribution in [-0.2, 0) is 5.54 Å². The highest BCUT2D eigenvalue weighted by atomic mass is 16.3. The molecule has 0 spiro atoms. The van der Waals surface area contributed by atoms with Crippen LogP contribution < -0.4 is 5.32 Å². The highest BCUT2D eigenvalue weighted by Crippen LogP contribution is 2.28. The van der Waals surface area contributed by atoms with E-state index in [1.165, 1.54) is 12.8 Å². The topological polar surface area (TPSA) is 52.5 Å². The summed E-state index contributed by atoms with van der Waals surface area (Å²) in [6, 6.07) is 9.96. The molecule has 1 saturated carbocycles. The molecule has 1 aliphatic carbocycles. The number of aliphatic hydroxyl groups is 2. The molecule has 3 heteroatoms. The van der Waals surface area contributed by atoms with Crippen LogP contribution in [0.1, 0.15) is 51.0 Å². The summed E-state index contributed by atoms with van der Waals surface area (Å²) in [5, 5.41) is 23.9. The number of benzene rings is 1. The van der Waals surface area contributed by atoms with Gasteiger partial charge in [0, 0.05) is 6.54 Å². The normalized spacial score (nSPS) is 21.9. The Morgan fingerprint density at radius 1 is 1.10 bits per heavy atom. The molecule has 1 unspecified atom stereocenters. The van der Waals surface area contributed by atoms with Crippen molar-refractivity contribution in [3.63, 3.8) is 0 Å². The highest BCUT2D eigenvalue weighted by molar-refractivity contribution is 5.23. The van der Waals surface area contributed by atoms with Crippen molar-refractivity contribution in [3.05, 3.63) is 35.9 Å². The molecule has 0 amide bonds. The van der Waals surface area contributed by atoms with Gasteiger partial charge in [-0.2, -0.15) is 0 Å². The standard InChI is InChI=1S/C17H27NO2/c1-16(14-19,15-9-5-4-6-10-15)18-13-17(20)11-7-2-3-8-12-17/h4-6,9-10,18-20H,2-3,7-8,11-14H2,1H3. The molecular weight excluding hydrogens is 250 g/mol. The van der Waals surface area contributed by atoms with Crippen LogP contribution in [-0.4, -0.2) is 29.0 Å². The van der Waals surface area contributed by atoms with Gasteiger partial charge in [0.1, 0.15) is 0 Å². The quantitative estimate of drug-likeness (QED) is 0.725. The average molecular weight is 277 g/mol. The summed E-state index contributed by atoms with van der Waals surface area (Å²) < 4.78 is 0. The Hall–Kier alpha value is -0.900. The molecule has 0 bridgehead atoms. The van der Waals surface area contributed by atoms with Gasteiger partial charge < -0.3 is 15.5 Å². The lowest BCUT2D eigenvalue weighted by Crippen LogP contribution is -2.50. The summed E-state index contributed by atoms with van der Waals surface area (Å²) in [4.78, 5) is 0. The number of hydrogen-bond donors (Lipinski definition) is 3. The first kappa shape index (κ1) is 15.5. The summed E-state index contributed by atoms with van der Waals surface area (Å²) in [6.45, 7) is 2.55. The highest BCUT2D eigenvalue weighted by Gasteiger charge is 2.32. The van der Waals surface area contributed by atoms with Gasteiger partial charge in [0.2, 0.25) is 0 Å². The molecule has 112 valence electrons. The molecule has 1 aromatic carbocycles. The minimum absolute atomic E-state index is 0.0209. The van der Waals surface area contributed by atoms with Crippen molar-refractivity contribution in [2.45, 2.75) is 56.6 Å². The monoisotopic (exact) mass is 277 g/mol. The number of nitrogens with one attached hydrogen (secondary N) is 1.